The van der Waals surface area contributed by atoms with Gasteiger partial charge in [0, 0.05) is 12.6 Å². The van der Waals surface area contributed by atoms with Crippen molar-refractivity contribution >= 4 is 17.5 Å². The van der Waals surface area contributed by atoms with Crippen LogP contribution in [0.25, 0.3) is 0 Å². The number of benzene rings is 3. The molecule has 3 aromatic carbocycles. The van der Waals surface area contributed by atoms with E-state index >= 15 is 0 Å². The summed E-state index contributed by atoms with van der Waals surface area (Å²) in [7, 11) is 0. The molecule has 0 aliphatic carbocycles. The molecule has 0 aliphatic rings. The summed E-state index contributed by atoms with van der Waals surface area (Å²) in [5.41, 5.74) is 3.37. The number of halogens is 2. The molecule has 3 N–H and O–H groups in total. The zero-order chi connectivity index (χ0) is 23.1. The van der Waals surface area contributed by atoms with Gasteiger partial charge >= 0.3 is 0 Å². The lowest BCUT2D eigenvalue weighted by Crippen LogP contribution is -2.31. The predicted octanol–water partition coefficient (Wildman–Crippen LogP) is 4.49. The quantitative estimate of drug-likeness (QED) is 0.486. The number of rotatable bonds is 8. The van der Waals surface area contributed by atoms with E-state index in [1.54, 1.807) is 31.2 Å². The van der Waals surface area contributed by atoms with Crippen LogP contribution in [0, 0.1) is 18.6 Å². The summed E-state index contributed by atoms with van der Waals surface area (Å²) in [4.78, 5) is 25.1. The third-order valence-corrected chi connectivity index (χ3v) is 5.03. The van der Waals surface area contributed by atoms with E-state index in [4.69, 9.17) is 0 Å². The maximum absolute atomic E-state index is 13.4. The largest absolute Gasteiger partial charge is 0.348 e. The molecular formula is C25H25F2N3O2. The van der Waals surface area contributed by atoms with Crippen LogP contribution in [-0.2, 0) is 11.3 Å². The van der Waals surface area contributed by atoms with Crippen LogP contribution in [0.15, 0.2) is 66.7 Å². The lowest BCUT2D eigenvalue weighted by Gasteiger charge is -2.15. The molecule has 0 bridgehead atoms. The Morgan fingerprint density at radius 2 is 1.66 bits per heavy atom. The summed E-state index contributed by atoms with van der Waals surface area (Å²) in [5.74, 6) is -2.52. The number of hydrogen-bond acceptors (Lipinski definition) is 3. The predicted molar refractivity (Wildman–Crippen MR) is 120 cm³/mol. The standard InChI is InChI=1S/C25H25F2N3O2/c1-16-7-9-18(10-8-16)14-29-25(32)20-5-3-4-6-23(20)30-24(31)15-28-17(2)19-11-12-21(26)22(27)13-19/h3-13,17,28H,14-15H2,1-2H3,(H,29,32)(H,30,31)/t17-/m1/s1. The Morgan fingerprint density at radius 1 is 0.938 bits per heavy atom. The van der Waals surface area contributed by atoms with Crippen LogP contribution in [0.3, 0.4) is 0 Å². The molecule has 0 radical (unpaired) electrons. The summed E-state index contributed by atoms with van der Waals surface area (Å²) in [6.07, 6.45) is 0. The fraction of sp³-hybridized carbons (Fsp3) is 0.200. The monoisotopic (exact) mass is 437 g/mol. The van der Waals surface area contributed by atoms with Crippen molar-refractivity contribution in [1.82, 2.24) is 10.6 Å². The first-order valence-electron chi connectivity index (χ1n) is 10.2. The van der Waals surface area contributed by atoms with E-state index in [2.05, 4.69) is 16.0 Å². The second-order valence-electron chi connectivity index (χ2n) is 7.54. The minimum atomic E-state index is -0.939. The molecule has 0 aliphatic heterocycles. The first-order chi connectivity index (χ1) is 15.3. The highest BCUT2D eigenvalue weighted by molar-refractivity contribution is 6.04. The van der Waals surface area contributed by atoms with E-state index in [0.717, 1.165) is 23.3 Å². The number of anilines is 1. The first kappa shape index (κ1) is 23.1. The number of amides is 2. The van der Waals surface area contributed by atoms with Crippen molar-refractivity contribution in [3.63, 3.8) is 0 Å². The Morgan fingerprint density at radius 3 is 2.38 bits per heavy atom. The molecule has 3 rings (SSSR count). The third-order valence-electron chi connectivity index (χ3n) is 5.03. The second kappa shape index (κ2) is 10.6. The lowest BCUT2D eigenvalue weighted by molar-refractivity contribution is -0.115. The van der Waals surface area contributed by atoms with Gasteiger partial charge in [0.2, 0.25) is 5.91 Å². The molecule has 166 valence electrons. The molecule has 0 saturated heterocycles. The Kier molecular flexibility index (Phi) is 7.68. The molecular weight excluding hydrogens is 412 g/mol. The number of carbonyl (C=O) groups excluding carboxylic acids is 2. The molecule has 0 unspecified atom stereocenters. The SMILES string of the molecule is Cc1ccc(CNC(=O)c2ccccc2NC(=O)CN[C@H](C)c2ccc(F)c(F)c2)cc1. The fourth-order valence-electron chi connectivity index (χ4n) is 3.11. The highest BCUT2D eigenvalue weighted by Crippen LogP contribution is 2.17. The number of para-hydroxylation sites is 1. The van der Waals surface area contributed by atoms with Crippen LogP contribution < -0.4 is 16.0 Å². The molecule has 3 aromatic rings. The van der Waals surface area contributed by atoms with Crippen molar-refractivity contribution < 1.29 is 18.4 Å². The van der Waals surface area contributed by atoms with Crippen molar-refractivity contribution in [1.29, 1.82) is 0 Å². The van der Waals surface area contributed by atoms with Crippen molar-refractivity contribution in [3.8, 4) is 0 Å². The molecule has 7 heteroatoms. The molecule has 2 amide bonds. The zero-order valence-electron chi connectivity index (χ0n) is 17.9. The van der Waals surface area contributed by atoms with Gasteiger partial charge < -0.3 is 16.0 Å². The van der Waals surface area contributed by atoms with Crippen molar-refractivity contribution in [2.45, 2.75) is 26.4 Å². The Hall–Kier alpha value is -3.58. The molecule has 0 spiro atoms. The molecule has 0 heterocycles. The maximum atomic E-state index is 13.4. The Labute approximate surface area is 185 Å². The third kappa shape index (κ3) is 6.21. The van der Waals surface area contributed by atoms with Gasteiger partial charge in [-0.05, 0) is 49.2 Å². The van der Waals surface area contributed by atoms with Crippen molar-refractivity contribution in [2.75, 3.05) is 11.9 Å². The summed E-state index contributed by atoms with van der Waals surface area (Å²) in [6, 6.07) is 17.8. The van der Waals surface area contributed by atoms with Gasteiger partial charge in [0.05, 0.1) is 17.8 Å². The van der Waals surface area contributed by atoms with Gasteiger partial charge in [-0.3, -0.25) is 9.59 Å². The van der Waals surface area contributed by atoms with Crippen molar-refractivity contribution in [3.05, 3.63) is 101 Å². The molecule has 0 aromatic heterocycles. The van der Waals surface area contributed by atoms with Gasteiger partial charge in [-0.15, -0.1) is 0 Å². The van der Waals surface area contributed by atoms with E-state index in [0.29, 0.717) is 23.4 Å². The maximum Gasteiger partial charge on any atom is 0.253 e. The normalized spacial score (nSPS) is 11.6. The van der Waals surface area contributed by atoms with Gasteiger partial charge in [-0.1, -0.05) is 48.0 Å². The average Bonchev–Trinajstić information content (AvgIpc) is 2.79. The van der Waals surface area contributed by atoms with E-state index in [-0.39, 0.29) is 24.4 Å². The second-order valence-corrected chi connectivity index (χ2v) is 7.54. The van der Waals surface area contributed by atoms with E-state index in [9.17, 15) is 18.4 Å². The summed E-state index contributed by atoms with van der Waals surface area (Å²) in [5, 5.41) is 8.55. The van der Waals surface area contributed by atoms with Gasteiger partial charge in [0.25, 0.3) is 5.91 Å². The zero-order valence-corrected chi connectivity index (χ0v) is 17.9. The molecule has 0 fully saturated rings. The van der Waals surface area contributed by atoms with Gasteiger partial charge in [0.1, 0.15) is 0 Å². The van der Waals surface area contributed by atoms with Crippen molar-refractivity contribution in [2.24, 2.45) is 0 Å². The molecule has 32 heavy (non-hydrogen) atoms. The topological polar surface area (TPSA) is 70.2 Å². The average molecular weight is 437 g/mol. The highest BCUT2D eigenvalue weighted by Gasteiger charge is 2.14. The lowest BCUT2D eigenvalue weighted by atomic mass is 10.1. The van der Waals surface area contributed by atoms with E-state index in [1.165, 1.54) is 6.07 Å². The Balaban J connectivity index is 1.57. The number of aryl methyl sites for hydroxylation is 1. The van der Waals surface area contributed by atoms with Crippen LogP contribution in [0.2, 0.25) is 0 Å². The smallest absolute Gasteiger partial charge is 0.253 e. The summed E-state index contributed by atoms with van der Waals surface area (Å²) >= 11 is 0. The molecule has 0 saturated carbocycles. The number of carbonyl (C=O) groups is 2. The molecule has 1 atom stereocenters. The van der Waals surface area contributed by atoms with Crippen LogP contribution in [0.5, 0.6) is 0 Å². The Bertz CT molecular complexity index is 1100. The first-order valence-corrected chi connectivity index (χ1v) is 10.2. The van der Waals surface area contributed by atoms with Gasteiger partial charge in [-0.25, -0.2) is 8.78 Å². The minimum absolute atomic E-state index is 0.0700. The summed E-state index contributed by atoms with van der Waals surface area (Å²) in [6.45, 7) is 4.04. The van der Waals surface area contributed by atoms with Crippen LogP contribution >= 0.6 is 0 Å². The molecule has 5 nitrogen and oxygen atoms in total. The number of nitrogens with one attached hydrogen (secondary N) is 3. The minimum Gasteiger partial charge on any atom is -0.348 e. The fourth-order valence-corrected chi connectivity index (χ4v) is 3.11. The van der Waals surface area contributed by atoms with Crippen LogP contribution in [0.1, 0.15) is 40.0 Å². The van der Waals surface area contributed by atoms with E-state index < -0.39 is 11.6 Å². The van der Waals surface area contributed by atoms with Crippen LogP contribution in [-0.4, -0.2) is 18.4 Å². The summed E-state index contributed by atoms with van der Waals surface area (Å²) < 4.78 is 26.5. The van der Waals surface area contributed by atoms with Gasteiger partial charge in [0.15, 0.2) is 11.6 Å². The van der Waals surface area contributed by atoms with Crippen LogP contribution in [0.4, 0.5) is 14.5 Å². The highest BCUT2D eigenvalue weighted by atomic mass is 19.2. The van der Waals surface area contributed by atoms with E-state index in [1.807, 2.05) is 31.2 Å². The van der Waals surface area contributed by atoms with Gasteiger partial charge in [-0.2, -0.15) is 0 Å². The number of hydrogen-bond donors (Lipinski definition) is 3.